The molecular formula is C13H16ClFN2O2. The van der Waals surface area contributed by atoms with Crippen LogP contribution in [0.1, 0.15) is 12.8 Å². The lowest BCUT2D eigenvalue weighted by Crippen LogP contribution is -2.34. The number of halogens is 2. The minimum atomic E-state index is -0.509. The van der Waals surface area contributed by atoms with Crippen molar-refractivity contribution in [3.63, 3.8) is 0 Å². The molecule has 1 aromatic carbocycles. The van der Waals surface area contributed by atoms with Crippen molar-refractivity contribution in [2.75, 3.05) is 25.0 Å². The highest BCUT2D eigenvalue weighted by Crippen LogP contribution is 2.19. The molecule has 0 spiro atoms. The molecule has 0 saturated carbocycles. The number of hydrogen-bond acceptors (Lipinski definition) is 3. The molecule has 6 heteroatoms. The second-order valence-electron chi connectivity index (χ2n) is 4.44. The third kappa shape index (κ3) is 4.45. The number of hydrogen-bond donors (Lipinski definition) is 2. The number of piperidine rings is 1. The zero-order valence-corrected chi connectivity index (χ0v) is 11.2. The monoisotopic (exact) mass is 286 g/mol. The first-order chi connectivity index (χ1) is 9.15. The van der Waals surface area contributed by atoms with E-state index in [0.717, 1.165) is 25.9 Å². The van der Waals surface area contributed by atoms with Gasteiger partial charge in [-0.15, -0.1) is 0 Å². The fraction of sp³-hybridized carbons (Fsp3) is 0.462. The van der Waals surface area contributed by atoms with Crippen LogP contribution in [0.2, 0.25) is 5.02 Å². The predicted molar refractivity (Wildman–Crippen MR) is 71.9 cm³/mol. The Morgan fingerprint density at radius 2 is 2.21 bits per heavy atom. The highest BCUT2D eigenvalue weighted by Gasteiger charge is 2.15. The molecule has 1 aromatic rings. The first-order valence-electron chi connectivity index (χ1n) is 6.22. The average molecular weight is 287 g/mol. The first-order valence-corrected chi connectivity index (χ1v) is 6.60. The Morgan fingerprint density at radius 1 is 1.47 bits per heavy atom. The largest absolute Gasteiger partial charge is 0.368 e. The van der Waals surface area contributed by atoms with Crippen molar-refractivity contribution in [2.45, 2.75) is 18.9 Å². The standard InChI is InChI=1S/C13H16ClFN2O2/c14-11-7-9(1-2-12(11)15)17-13(18)8-19-10-3-5-16-6-4-10/h1-2,7,10,16H,3-6,8H2,(H,17,18). The molecule has 1 aliphatic heterocycles. The molecule has 2 N–H and O–H groups in total. The average Bonchev–Trinajstić information content (AvgIpc) is 2.42. The minimum absolute atomic E-state index is 0.000335. The smallest absolute Gasteiger partial charge is 0.250 e. The molecule has 0 radical (unpaired) electrons. The van der Waals surface area contributed by atoms with E-state index in [9.17, 15) is 9.18 Å². The van der Waals surface area contributed by atoms with E-state index in [1.54, 1.807) is 0 Å². The van der Waals surface area contributed by atoms with Crippen LogP contribution in [0.25, 0.3) is 0 Å². The maximum Gasteiger partial charge on any atom is 0.250 e. The van der Waals surface area contributed by atoms with E-state index in [1.807, 2.05) is 0 Å². The van der Waals surface area contributed by atoms with E-state index in [4.69, 9.17) is 16.3 Å². The van der Waals surface area contributed by atoms with Crippen molar-refractivity contribution in [2.24, 2.45) is 0 Å². The molecular weight excluding hydrogens is 271 g/mol. The SMILES string of the molecule is O=C(COC1CCNCC1)Nc1ccc(F)c(Cl)c1. The lowest BCUT2D eigenvalue weighted by molar-refractivity contribution is -0.123. The summed E-state index contributed by atoms with van der Waals surface area (Å²) in [5.41, 5.74) is 0.463. The molecule has 1 aliphatic rings. The summed E-state index contributed by atoms with van der Waals surface area (Å²) in [6.07, 6.45) is 1.95. The van der Waals surface area contributed by atoms with Gasteiger partial charge in [-0.25, -0.2) is 4.39 Å². The molecule has 4 nitrogen and oxygen atoms in total. The summed E-state index contributed by atoms with van der Waals surface area (Å²) in [6.45, 7) is 1.83. The van der Waals surface area contributed by atoms with Gasteiger partial charge in [-0.3, -0.25) is 4.79 Å². The van der Waals surface area contributed by atoms with E-state index in [1.165, 1.54) is 18.2 Å². The summed E-state index contributed by atoms with van der Waals surface area (Å²) in [4.78, 5) is 11.7. The summed E-state index contributed by atoms with van der Waals surface area (Å²) in [7, 11) is 0. The van der Waals surface area contributed by atoms with Crippen LogP contribution in [-0.2, 0) is 9.53 Å². The number of ether oxygens (including phenoxy) is 1. The van der Waals surface area contributed by atoms with Crippen LogP contribution in [-0.4, -0.2) is 31.7 Å². The van der Waals surface area contributed by atoms with Gasteiger partial charge in [0.15, 0.2) is 0 Å². The fourth-order valence-corrected chi connectivity index (χ4v) is 2.11. The van der Waals surface area contributed by atoms with Gasteiger partial charge in [0.25, 0.3) is 0 Å². The van der Waals surface area contributed by atoms with Gasteiger partial charge in [0.1, 0.15) is 12.4 Å². The van der Waals surface area contributed by atoms with E-state index < -0.39 is 5.82 Å². The Kier molecular flexibility index (Phi) is 5.13. The lowest BCUT2D eigenvalue weighted by atomic mass is 10.1. The molecule has 1 fully saturated rings. The summed E-state index contributed by atoms with van der Waals surface area (Å²) in [5, 5.41) is 5.83. The van der Waals surface area contributed by atoms with Crippen molar-refractivity contribution in [1.82, 2.24) is 5.32 Å². The molecule has 104 valence electrons. The number of amides is 1. The maximum absolute atomic E-state index is 13.0. The van der Waals surface area contributed by atoms with Gasteiger partial charge in [0.05, 0.1) is 11.1 Å². The van der Waals surface area contributed by atoms with E-state index >= 15 is 0 Å². The topological polar surface area (TPSA) is 50.4 Å². The molecule has 1 amide bonds. The van der Waals surface area contributed by atoms with Gasteiger partial charge in [-0.05, 0) is 44.1 Å². The first kappa shape index (κ1) is 14.2. The van der Waals surface area contributed by atoms with Crippen LogP contribution in [0.4, 0.5) is 10.1 Å². The maximum atomic E-state index is 13.0. The van der Waals surface area contributed by atoms with Gasteiger partial charge in [0, 0.05) is 5.69 Å². The number of rotatable bonds is 4. The van der Waals surface area contributed by atoms with Gasteiger partial charge in [-0.2, -0.15) is 0 Å². The minimum Gasteiger partial charge on any atom is -0.368 e. The number of nitrogens with one attached hydrogen (secondary N) is 2. The molecule has 0 atom stereocenters. The van der Waals surface area contributed by atoms with Gasteiger partial charge in [-0.1, -0.05) is 11.6 Å². The second kappa shape index (κ2) is 6.84. The van der Waals surface area contributed by atoms with Gasteiger partial charge >= 0.3 is 0 Å². The molecule has 0 aliphatic carbocycles. The van der Waals surface area contributed by atoms with E-state index in [-0.39, 0.29) is 23.6 Å². The van der Waals surface area contributed by atoms with Crippen LogP contribution in [0, 0.1) is 5.82 Å². The molecule has 0 unspecified atom stereocenters. The highest BCUT2D eigenvalue weighted by molar-refractivity contribution is 6.31. The lowest BCUT2D eigenvalue weighted by Gasteiger charge is -2.22. The summed E-state index contributed by atoms with van der Waals surface area (Å²) in [5.74, 6) is -0.771. The Bertz CT molecular complexity index is 450. The highest BCUT2D eigenvalue weighted by atomic mass is 35.5. The second-order valence-corrected chi connectivity index (χ2v) is 4.84. The zero-order valence-electron chi connectivity index (χ0n) is 10.4. The van der Waals surface area contributed by atoms with Crippen LogP contribution in [0.3, 0.4) is 0 Å². The summed E-state index contributed by atoms with van der Waals surface area (Å²) < 4.78 is 18.5. The quantitative estimate of drug-likeness (QED) is 0.892. The van der Waals surface area contributed by atoms with Crippen molar-refractivity contribution >= 4 is 23.2 Å². The third-order valence-corrected chi connectivity index (χ3v) is 3.23. The Morgan fingerprint density at radius 3 is 2.89 bits per heavy atom. The molecule has 0 aromatic heterocycles. The summed E-state index contributed by atoms with van der Waals surface area (Å²) in [6, 6.07) is 4.05. The molecule has 0 bridgehead atoms. The van der Waals surface area contributed by atoms with Crippen LogP contribution in [0.5, 0.6) is 0 Å². The molecule has 1 heterocycles. The van der Waals surface area contributed by atoms with Crippen molar-refractivity contribution in [3.05, 3.63) is 29.0 Å². The van der Waals surface area contributed by atoms with Crippen molar-refractivity contribution in [3.8, 4) is 0 Å². The Labute approximate surface area is 116 Å². The van der Waals surface area contributed by atoms with Crippen LogP contribution < -0.4 is 10.6 Å². The Hall–Kier alpha value is -1.17. The molecule has 1 saturated heterocycles. The van der Waals surface area contributed by atoms with Gasteiger partial charge in [0.2, 0.25) is 5.91 Å². The van der Waals surface area contributed by atoms with Crippen LogP contribution >= 0.6 is 11.6 Å². The van der Waals surface area contributed by atoms with E-state index in [0.29, 0.717) is 5.69 Å². The summed E-state index contributed by atoms with van der Waals surface area (Å²) >= 11 is 5.63. The zero-order chi connectivity index (χ0) is 13.7. The van der Waals surface area contributed by atoms with Gasteiger partial charge < -0.3 is 15.4 Å². The number of benzene rings is 1. The van der Waals surface area contributed by atoms with Crippen LogP contribution in [0.15, 0.2) is 18.2 Å². The molecule has 19 heavy (non-hydrogen) atoms. The number of anilines is 1. The normalized spacial score (nSPS) is 16.3. The predicted octanol–water partition coefficient (Wildman–Crippen LogP) is 2.19. The van der Waals surface area contributed by atoms with E-state index in [2.05, 4.69) is 10.6 Å². The Balaban J connectivity index is 1.78. The number of carbonyl (C=O) groups excluding carboxylic acids is 1. The van der Waals surface area contributed by atoms with Crippen molar-refractivity contribution in [1.29, 1.82) is 0 Å². The number of carbonyl (C=O) groups is 1. The molecule has 2 rings (SSSR count). The fourth-order valence-electron chi connectivity index (χ4n) is 1.93. The third-order valence-electron chi connectivity index (χ3n) is 2.94. The van der Waals surface area contributed by atoms with Crippen molar-refractivity contribution < 1.29 is 13.9 Å².